The first-order valence-corrected chi connectivity index (χ1v) is 8.36. The van der Waals surface area contributed by atoms with Gasteiger partial charge in [0.05, 0.1) is 5.52 Å². The molecule has 3 unspecified atom stereocenters. The third-order valence-electron chi connectivity index (χ3n) is 4.86. The minimum atomic E-state index is 0.488. The molecular formula is C19H26N2. The molecule has 0 aliphatic heterocycles. The van der Waals surface area contributed by atoms with Crippen LogP contribution in [0, 0.1) is 11.8 Å². The lowest BCUT2D eigenvalue weighted by Gasteiger charge is -2.34. The Balaban J connectivity index is 1.90. The number of hydrogen-bond donors (Lipinski definition) is 1. The van der Waals surface area contributed by atoms with Crippen molar-refractivity contribution in [2.75, 3.05) is 6.54 Å². The molecule has 2 nitrogen and oxygen atoms in total. The zero-order valence-electron chi connectivity index (χ0n) is 13.2. The molecule has 21 heavy (non-hydrogen) atoms. The average Bonchev–Trinajstić information content (AvgIpc) is 2.52. The third-order valence-corrected chi connectivity index (χ3v) is 4.86. The van der Waals surface area contributed by atoms with Gasteiger partial charge in [0, 0.05) is 17.6 Å². The first-order valence-electron chi connectivity index (χ1n) is 8.36. The van der Waals surface area contributed by atoms with Crippen LogP contribution in [0.4, 0.5) is 0 Å². The molecule has 3 atom stereocenters. The van der Waals surface area contributed by atoms with Gasteiger partial charge in [0.15, 0.2) is 0 Å². The maximum atomic E-state index is 4.43. The van der Waals surface area contributed by atoms with Crippen molar-refractivity contribution in [3.05, 3.63) is 42.1 Å². The molecule has 2 aromatic rings. The minimum absolute atomic E-state index is 0.488. The molecule has 1 saturated carbocycles. The van der Waals surface area contributed by atoms with Gasteiger partial charge in [-0.05, 0) is 55.0 Å². The molecule has 3 rings (SSSR count). The molecule has 1 heterocycles. The van der Waals surface area contributed by atoms with E-state index < -0.39 is 0 Å². The van der Waals surface area contributed by atoms with Gasteiger partial charge in [0.2, 0.25) is 0 Å². The summed E-state index contributed by atoms with van der Waals surface area (Å²) in [5, 5.41) is 4.99. The highest BCUT2D eigenvalue weighted by Gasteiger charge is 2.27. The maximum Gasteiger partial charge on any atom is 0.0702 e. The SMILES string of the molecule is CCNC(c1ccc2ncccc2c1)C1CCCC(C)C1. The normalized spacial score (nSPS) is 24.1. The highest BCUT2D eigenvalue weighted by molar-refractivity contribution is 5.79. The van der Waals surface area contributed by atoms with E-state index in [2.05, 4.69) is 48.4 Å². The molecule has 0 saturated heterocycles. The number of nitrogens with one attached hydrogen (secondary N) is 1. The van der Waals surface area contributed by atoms with Crippen LogP contribution in [-0.4, -0.2) is 11.5 Å². The Labute approximate surface area is 128 Å². The summed E-state index contributed by atoms with van der Waals surface area (Å²) in [6.07, 6.45) is 7.35. The summed E-state index contributed by atoms with van der Waals surface area (Å²) >= 11 is 0. The van der Waals surface area contributed by atoms with Crippen molar-refractivity contribution in [2.45, 2.75) is 45.6 Å². The van der Waals surface area contributed by atoms with Crippen LogP contribution in [-0.2, 0) is 0 Å². The second-order valence-corrected chi connectivity index (χ2v) is 6.52. The molecule has 1 aliphatic carbocycles. The molecule has 1 aliphatic rings. The van der Waals surface area contributed by atoms with Gasteiger partial charge in [-0.3, -0.25) is 4.98 Å². The average molecular weight is 282 g/mol. The lowest BCUT2D eigenvalue weighted by molar-refractivity contribution is 0.225. The van der Waals surface area contributed by atoms with Crippen LogP contribution in [0.25, 0.3) is 10.9 Å². The number of pyridine rings is 1. The molecule has 0 spiro atoms. The Bertz CT molecular complexity index is 593. The fourth-order valence-corrected chi connectivity index (χ4v) is 3.85. The van der Waals surface area contributed by atoms with Gasteiger partial charge in [-0.25, -0.2) is 0 Å². The predicted octanol–water partition coefficient (Wildman–Crippen LogP) is 4.71. The fraction of sp³-hybridized carbons (Fsp3) is 0.526. The van der Waals surface area contributed by atoms with Gasteiger partial charge in [0.1, 0.15) is 0 Å². The van der Waals surface area contributed by atoms with E-state index in [0.717, 1.165) is 23.9 Å². The molecule has 0 amide bonds. The zero-order chi connectivity index (χ0) is 14.7. The molecule has 1 fully saturated rings. The first-order chi connectivity index (χ1) is 10.3. The second-order valence-electron chi connectivity index (χ2n) is 6.52. The molecule has 0 bridgehead atoms. The predicted molar refractivity (Wildman–Crippen MR) is 89.3 cm³/mol. The molecule has 1 aromatic carbocycles. The summed E-state index contributed by atoms with van der Waals surface area (Å²) in [5.41, 5.74) is 2.52. The van der Waals surface area contributed by atoms with Gasteiger partial charge in [-0.15, -0.1) is 0 Å². The van der Waals surface area contributed by atoms with Crippen LogP contribution in [0.15, 0.2) is 36.5 Å². The quantitative estimate of drug-likeness (QED) is 0.878. The Morgan fingerprint density at radius 1 is 1.29 bits per heavy atom. The summed E-state index contributed by atoms with van der Waals surface area (Å²) in [7, 11) is 0. The lowest BCUT2D eigenvalue weighted by atomic mass is 9.76. The number of fused-ring (bicyclic) bond motifs is 1. The largest absolute Gasteiger partial charge is 0.310 e. The van der Waals surface area contributed by atoms with E-state index in [1.54, 1.807) is 0 Å². The standard InChI is InChI=1S/C19H26N2/c1-3-20-19(16-7-4-6-14(2)12-16)17-9-10-18-15(13-17)8-5-11-21-18/h5,8-11,13-14,16,19-20H,3-4,6-7,12H2,1-2H3. The Morgan fingerprint density at radius 2 is 2.19 bits per heavy atom. The molecular weight excluding hydrogens is 256 g/mol. The van der Waals surface area contributed by atoms with Crippen LogP contribution in [0.5, 0.6) is 0 Å². The van der Waals surface area contributed by atoms with Crippen LogP contribution in [0.1, 0.15) is 51.1 Å². The van der Waals surface area contributed by atoms with Gasteiger partial charge in [0.25, 0.3) is 0 Å². The number of aromatic nitrogens is 1. The summed E-state index contributed by atoms with van der Waals surface area (Å²) in [5.74, 6) is 1.63. The fourth-order valence-electron chi connectivity index (χ4n) is 3.85. The van der Waals surface area contributed by atoms with Crippen LogP contribution in [0.3, 0.4) is 0 Å². The van der Waals surface area contributed by atoms with Crippen molar-refractivity contribution < 1.29 is 0 Å². The van der Waals surface area contributed by atoms with Gasteiger partial charge < -0.3 is 5.32 Å². The van der Waals surface area contributed by atoms with Gasteiger partial charge >= 0.3 is 0 Å². The summed E-state index contributed by atoms with van der Waals surface area (Å²) in [6.45, 7) is 5.64. The summed E-state index contributed by atoms with van der Waals surface area (Å²) in [6, 6.07) is 11.4. The molecule has 2 heteroatoms. The maximum absolute atomic E-state index is 4.43. The number of benzene rings is 1. The van der Waals surface area contributed by atoms with E-state index in [9.17, 15) is 0 Å². The minimum Gasteiger partial charge on any atom is -0.310 e. The third kappa shape index (κ3) is 3.26. The Kier molecular flexibility index (Phi) is 4.54. The number of nitrogens with zero attached hydrogens (tertiary/aromatic N) is 1. The molecule has 1 aromatic heterocycles. The molecule has 112 valence electrons. The van der Waals surface area contributed by atoms with Crippen molar-refractivity contribution in [1.29, 1.82) is 0 Å². The monoisotopic (exact) mass is 282 g/mol. The Morgan fingerprint density at radius 3 is 3.00 bits per heavy atom. The first kappa shape index (κ1) is 14.5. The van der Waals surface area contributed by atoms with Gasteiger partial charge in [-0.1, -0.05) is 38.8 Å². The van der Waals surface area contributed by atoms with Crippen LogP contribution < -0.4 is 5.32 Å². The number of hydrogen-bond acceptors (Lipinski definition) is 2. The second kappa shape index (κ2) is 6.57. The van der Waals surface area contributed by atoms with E-state index in [-0.39, 0.29) is 0 Å². The lowest BCUT2D eigenvalue weighted by Crippen LogP contribution is -2.31. The van der Waals surface area contributed by atoms with E-state index in [4.69, 9.17) is 0 Å². The van der Waals surface area contributed by atoms with Crippen molar-refractivity contribution in [1.82, 2.24) is 10.3 Å². The number of rotatable bonds is 4. The highest BCUT2D eigenvalue weighted by atomic mass is 14.9. The molecule has 1 N–H and O–H groups in total. The van der Waals surface area contributed by atoms with Crippen LogP contribution in [0.2, 0.25) is 0 Å². The van der Waals surface area contributed by atoms with E-state index in [1.165, 1.54) is 36.6 Å². The summed E-state index contributed by atoms with van der Waals surface area (Å²) in [4.78, 5) is 4.43. The smallest absolute Gasteiger partial charge is 0.0702 e. The summed E-state index contributed by atoms with van der Waals surface area (Å²) < 4.78 is 0. The van der Waals surface area contributed by atoms with E-state index >= 15 is 0 Å². The van der Waals surface area contributed by atoms with Crippen molar-refractivity contribution in [2.24, 2.45) is 11.8 Å². The Hall–Kier alpha value is -1.41. The van der Waals surface area contributed by atoms with E-state index in [1.807, 2.05) is 12.3 Å². The topological polar surface area (TPSA) is 24.9 Å². The van der Waals surface area contributed by atoms with Crippen molar-refractivity contribution in [3.63, 3.8) is 0 Å². The van der Waals surface area contributed by atoms with Crippen molar-refractivity contribution in [3.8, 4) is 0 Å². The highest BCUT2D eigenvalue weighted by Crippen LogP contribution is 2.37. The molecule has 0 radical (unpaired) electrons. The zero-order valence-corrected chi connectivity index (χ0v) is 13.2. The van der Waals surface area contributed by atoms with Gasteiger partial charge in [-0.2, -0.15) is 0 Å². The van der Waals surface area contributed by atoms with E-state index in [0.29, 0.717) is 6.04 Å². The van der Waals surface area contributed by atoms with Crippen molar-refractivity contribution >= 4 is 10.9 Å². The van der Waals surface area contributed by atoms with Crippen LogP contribution >= 0.6 is 0 Å².